The Morgan fingerprint density at radius 1 is 1.06 bits per heavy atom. The first kappa shape index (κ1) is 38.5. The number of rotatable bonds is 12. The number of aromatic nitrogens is 1. The van der Waals surface area contributed by atoms with Gasteiger partial charge in [0.25, 0.3) is 11.8 Å². The number of fused-ring (bicyclic) bond motifs is 1. The average Bonchev–Trinajstić information content (AvgIpc) is 3.49. The lowest BCUT2D eigenvalue weighted by Gasteiger charge is -2.49. The third kappa shape index (κ3) is 10.1. The number of hydrogen-bond acceptors (Lipinski definition) is 14. The molecule has 1 fully saturated rings. The number of carbonyl (C=O) groups excluding carboxylic acids is 5. The van der Waals surface area contributed by atoms with E-state index in [1.54, 1.807) is 72.9 Å². The number of oxime groups is 1. The molecule has 1 saturated heterocycles. The number of thioether (sulfide) groups is 1. The summed E-state index contributed by atoms with van der Waals surface area (Å²) >= 11 is 8.44. The van der Waals surface area contributed by atoms with Crippen molar-refractivity contribution in [3.63, 3.8) is 0 Å². The monoisotopic (exact) mass is 751 g/mol. The lowest BCUT2D eigenvalue weighted by molar-refractivity contribution is -0.160. The number of nitrogens with zero attached hydrogens (tertiary/aromatic N) is 3. The highest BCUT2D eigenvalue weighted by atomic mass is 35.5. The minimum absolute atomic E-state index is 0.0111. The van der Waals surface area contributed by atoms with Gasteiger partial charge in [-0.05, 0) is 64.8 Å². The summed E-state index contributed by atoms with van der Waals surface area (Å²) in [6.07, 6.45) is -0.764. The van der Waals surface area contributed by atoms with Crippen LogP contribution in [0.15, 0.2) is 46.1 Å². The van der Waals surface area contributed by atoms with Gasteiger partial charge in [-0.1, -0.05) is 17.3 Å². The summed E-state index contributed by atoms with van der Waals surface area (Å²) in [5.74, 6) is -1.96. The molecule has 0 aliphatic carbocycles. The van der Waals surface area contributed by atoms with Crippen molar-refractivity contribution >= 4 is 75.4 Å². The van der Waals surface area contributed by atoms with Crippen LogP contribution in [-0.4, -0.2) is 93.4 Å². The van der Waals surface area contributed by atoms with E-state index in [1.807, 2.05) is 0 Å². The van der Waals surface area contributed by atoms with Gasteiger partial charge in [-0.25, -0.2) is 19.4 Å². The highest BCUT2D eigenvalue weighted by molar-refractivity contribution is 8.00. The van der Waals surface area contributed by atoms with E-state index in [1.165, 1.54) is 22.0 Å². The lowest BCUT2D eigenvalue weighted by Crippen LogP contribution is -2.71. The van der Waals surface area contributed by atoms with Gasteiger partial charge in [0.05, 0.1) is 7.11 Å². The van der Waals surface area contributed by atoms with Crippen LogP contribution in [0.2, 0.25) is 0 Å². The SMILES string of the molecule is COc1ccc(COC(=O)C2=C(CCl)CS[C@@H]3[C@H](NC(=O)C(=NOCC(=O)OC(C)(C)C)c4csc(NC(=O)OC(C)(C)C)n4)C(=O)N23)cc1. The summed E-state index contributed by atoms with van der Waals surface area (Å²) in [5, 5.41) is 9.83. The van der Waals surface area contributed by atoms with Gasteiger partial charge in [0.2, 0.25) is 6.61 Å². The zero-order valence-electron chi connectivity index (χ0n) is 28.5. The van der Waals surface area contributed by atoms with Crippen molar-refractivity contribution < 1.29 is 47.8 Å². The number of alkyl halides is 1. The van der Waals surface area contributed by atoms with E-state index in [9.17, 15) is 24.0 Å². The molecule has 3 amide bonds. The zero-order valence-corrected chi connectivity index (χ0v) is 30.9. The molecule has 18 heteroatoms. The van der Waals surface area contributed by atoms with Crippen molar-refractivity contribution in [1.29, 1.82) is 0 Å². The summed E-state index contributed by atoms with van der Waals surface area (Å²) < 4.78 is 21.2. The number of halogens is 1. The quantitative estimate of drug-likeness (QED) is 0.0789. The maximum absolute atomic E-state index is 13.6. The van der Waals surface area contributed by atoms with E-state index in [-0.39, 0.29) is 34.7 Å². The predicted molar refractivity (Wildman–Crippen MR) is 186 cm³/mol. The fourth-order valence-electron chi connectivity index (χ4n) is 4.48. The molecule has 270 valence electrons. The van der Waals surface area contributed by atoms with E-state index in [0.29, 0.717) is 22.6 Å². The third-order valence-electron chi connectivity index (χ3n) is 6.55. The van der Waals surface area contributed by atoms with Crippen LogP contribution >= 0.6 is 34.7 Å². The number of anilines is 1. The second-order valence-electron chi connectivity index (χ2n) is 12.8. The Balaban J connectivity index is 1.49. The Labute approximate surface area is 302 Å². The average molecular weight is 752 g/mol. The van der Waals surface area contributed by atoms with Gasteiger partial charge in [0.15, 0.2) is 10.8 Å². The molecule has 2 atom stereocenters. The van der Waals surface area contributed by atoms with Gasteiger partial charge < -0.3 is 29.1 Å². The van der Waals surface area contributed by atoms with E-state index >= 15 is 0 Å². The largest absolute Gasteiger partial charge is 0.497 e. The van der Waals surface area contributed by atoms with Gasteiger partial charge >= 0.3 is 18.0 Å². The molecule has 2 aromatic rings. The van der Waals surface area contributed by atoms with Crippen molar-refractivity contribution in [1.82, 2.24) is 15.2 Å². The Kier molecular flexibility index (Phi) is 12.4. The number of carbonyl (C=O) groups is 5. The van der Waals surface area contributed by atoms with Crippen LogP contribution in [-0.2, 0) is 44.8 Å². The summed E-state index contributed by atoms with van der Waals surface area (Å²) in [6, 6.07) is 5.89. The van der Waals surface area contributed by atoms with Gasteiger partial charge in [0.1, 0.15) is 46.4 Å². The van der Waals surface area contributed by atoms with Crippen LogP contribution in [0.3, 0.4) is 0 Å². The van der Waals surface area contributed by atoms with E-state index < -0.39 is 59.1 Å². The van der Waals surface area contributed by atoms with Crippen molar-refractivity contribution in [2.45, 2.75) is 70.8 Å². The molecule has 0 unspecified atom stereocenters. The number of hydrogen-bond donors (Lipinski definition) is 2. The van der Waals surface area contributed by atoms with Crippen LogP contribution < -0.4 is 15.4 Å². The molecular formula is C32H38ClN5O10S2. The molecule has 0 saturated carbocycles. The highest BCUT2D eigenvalue weighted by Gasteiger charge is 2.54. The number of methoxy groups -OCH3 is 1. The topological polar surface area (TPSA) is 184 Å². The zero-order chi connectivity index (χ0) is 36.8. The molecule has 0 radical (unpaired) electrons. The molecule has 0 bridgehead atoms. The molecule has 50 heavy (non-hydrogen) atoms. The first-order valence-corrected chi connectivity index (χ1v) is 17.7. The van der Waals surface area contributed by atoms with Gasteiger partial charge in [0, 0.05) is 17.0 Å². The van der Waals surface area contributed by atoms with Crippen molar-refractivity contribution in [3.05, 3.63) is 52.2 Å². The summed E-state index contributed by atoms with van der Waals surface area (Å²) in [5.41, 5.74) is -0.703. The molecule has 1 aromatic heterocycles. The van der Waals surface area contributed by atoms with Gasteiger partial charge in [-0.3, -0.25) is 19.8 Å². The van der Waals surface area contributed by atoms with Crippen LogP contribution in [0.5, 0.6) is 5.75 Å². The molecule has 1 aromatic carbocycles. The Hall–Kier alpha value is -4.35. The second kappa shape index (κ2) is 16.1. The number of nitrogens with one attached hydrogen (secondary N) is 2. The number of thiazole rings is 1. The predicted octanol–water partition coefficient (Wildman–Crippen LogP) is 4.20. The molecule has 2 aliphatic rings. The number of ether oxygens (including phenoxy) is 4. The maximum atomic E-state index is 13.6. The third-order valence-corrected chi connectivity index (χ3v) is 8.97. The Morgan fingerprint density at radius 3 is 2.36 bits per heavy atom. The minimum Gasteiger partial charge on any atom is -0.497 e. The van der Waals surface area contributed by atoms with Crippen molar-refractivity contribution in [2.24, 2.45) is 5.16 Å². The molecule has 0 spiro atoms. The Bertz CT molecular complexity index is 1680. The highest BCUT2D eigenvalue weighted by Crippen LogP contribution is 2.41. The normalized spacial score (nSPS) is 17.6. The summed E-state index contributed by atoms with van der Waals surface area (Å²) in [7, 11) is 1.54. The first-order chi connectivity index (χ1) is 23.5. The smallest absolute Gasteiger partial charge is 0.413 e. The number of esters is 2. The summed E-state index contributed by atoms with van der Waals surface area (Å²) in [6.45, 7) is 9.47. The summed E-state index contributed by atoms with van der Waals surface area (Å²) in [4.78, 5) is 75.5. The standard InChI is InChI=1S/C32H38ClN5O10S2/c1-31(2,3)47-21(39)14-46-37-22(20-16-50-29(34-20)36-30(43)48-32(4,5)6)25(40)35-23-26(41)38-24(18(12-33)15-49-27(23)38)28(42)45-13-17-8-10-19(44-7)11-9-17/h8-11,16,23,27H,12-15H2,1-7H3,(H,35,40)(H,34,36,43)/t23-,27-/m1/s1. The molecular weight excluding hydrogens is 714 g/mol. The van der Waals surface area contributed by atoms with Crippen LogP contribution in [0.25, 0.3) is 0 Å². The van der Waals surface area contributed by atoms with Crippen molar-refractivity contribution in [3.8, 4) is 5.75 Å². The fraction of sp³-hybridized carbons (Fsp3) is 0.469. The van der Waals surface area contributed by atoms with Gasteiger partial charge in [-0.15, -0.1) is 34.7 Å². The van der Waals surface area contributed by atoms with Crippen LogP contribution in [0, 0.1) is 0 Å². The molecule has 15 nitrogen and oxygen atoms in total. The van der Waals surface area contributed by atoms with Gasteiger partial charge in [-0.2, -0.15) is 0 Å². The van der Waals surface area contributed by atoms with E-state index in [0.717, 1.165) is 11.3 Å². The van der Waals surface area contributed by atoms with Crippen molar-refractivity contribution in [2.75, 3.05) is 30.7 Å². The van der Waals surface area contributed by atoms with E-state index in [2.05, 4.69) is 20.8 Å². The fourth-order valence-corrected chi connectivity index (χ4v) is 6.84. The Morgan fingerprint density at radius 2 is 1.74 bits per heavy atom. The lowest BCUT2D eigenvalue weighted by atomic mass is 10.0. The minimum atomic E-state index is -1.07. The molecule has 4 rings (SSSR count). The number of benzene rings is 1. The maximum Gasteiger partial charge on any atom is 0.413 e. The van der Waals surface area contributed by atoms with Crippen LogP contribution in [0.1, 0.15) is 52.8 Å². The number of β-lactam (4-membered cyclic amide) rings is 1. The first-order valence-electron chi connectivity index (χ1n) is 15.2. The second-order valence-corrected chi connectivity index (χ2v) is 15.1. The molecule has 3 heterocycles. The molecule has 2 N–H and O–H groups in total. The molecule has 2 aliphatic heterocycles. The van der Waals surface area contributed by atoms with E-state index in [4.69, 9.17) is 35.4 Å². The number of amides is 3. The van der Waals surface area contributed by atoms with Crippen LogP contribution in [0.4, 0.5) is 9.93 Å².